The zero-order valence-electron chi connectivity index (χ0n) is 12.5. The second-order valence-corrected chi connectivity index (χ2v) is 8.62. The minimum atomic E-state index is -3.03. The number of aromatic nitrogens is 3. The molecule has 0 bridgehead atoms. The second kappa shape index (κ2) is 7.57. The van der Waals surface area contributed by atoms with Gasteiger partial charge in [0.2, 0.25) is 0 Å². The van der Waals surface area contributed by atoms with Gasteiger partial charge in [-0.25, -0.2) is 8.42 Å². The third-order valence-electron chi connectivity index (χ3n) is 3.57. The van der Waals surface area contributed by atoms with Crippen LogP contribution in [0.3, 0.4) is 0 Å². The van der Waals surface area contributed by atoms with Crippen molar-refractivity contribution in [1.82, 2.24) is 25.2 Å². The fraction of sp³-hybridized carbons (Fsp3) is 0.833. The summed E-state index contributed by atoms with van der Waals surface area (Å²) in [5.41, 5.74) is 0.893. The number of hydrogen-bond acceptors (Lipinski definition) is 7. The Morgan fingerprint density at radius 3 is 3.00 bits per heavy atom. The van der Waals surface area contributed by atoms with Crippen molar-refractivity contribution < 1.29 is 8.42 Å². The maximum Gasteiger partial charge on any atom is 0.166 e. The van der Waals surface area contributed by atoms with E-state index < -0.39 is 9.84 Å². The lowest BCUT2D eigenvalue weighted by molar-refractivity contribution is 0.254. The van der Waals surface area contributed by atoms with E-state index in [1.807, 2.05) is 13.2 Å². The van der Waals surface area contributed by atoms with Gasteiger partial charge in [-0.05, 0) is 7.05 Å². The first-order valence-corrected chi connectivity index (χ1v) is 10.0. The summed E-state index contributed by atoms with van der Waals surface area (Å²) in [7, 11) is -1.16. The summed E-state index contributed by atoms with van der Waals surface area (Å²) in [6.45, 7) is 4.57. The standard InChI is InChI=1S/C12H23N5O2S2/c1-3-21(18,19)12-10-20-7-6-16(12)4-5-17-9-11(8-13-2)14-15-17/h9,12-13H,3-8,10H2,1-2H3. The zero-order valence-corrected chi connectivity index (χ0v) is 14.2. The van der Waals surface area contributed by atoms with E-state index >= 15 is 0 Å². The Balaban J connectivity index is 1.96. The SMILES string of the molecule is CCS(=O)(=O)C1CSCCN1CCn1cc(CNC)nn1. The molecule has 9 heteroatoms. The second-order valence-electron chi connectivity index (χ2n) is 5.02. The van der Waals surface area contributed by atoms with E-state index in [0.29, 0.717) is 25.4 Å². The Labute approximate surface area is 130 Å². The fourth-order valence-electron chi connectivity index (χ4n) is 2.34. The van der Waals surface area contributed by atoms with Crippen molar-refractivity contribution >= 4 is 21.6 Å². The normalized spacial score (nSPS) is 20.8. The van der Waals surface area contributed by atoms with Crippen molar-refractivity contribution in [2.45, 2.75) is 25.4 Å². The van der Waals surface area contributed by atoms with Crippen LogP contribution >= 0.6 is 11.8 Å². The van der Waals surface area contributed by atoms with Gasteiger partial charge in [0, 0.05) is 43.1 Å². The first-order valence-electron chi connectivity index (χ1n) is 7.13. The number of sulfone groups is 1. The van der Waals surface area contributed by atoms with Gasteiger partial charge in [0.25, 0.3) is 0 Å². The van der Waals surface area contributed by atoms with Crippen LogP contribution in [0.25, 0.3) is 0 Å². The van der Waals surface area contributed by atoms with E-state index in [2.05, 4.69) is 20.5 Å². The van der Waals surface area contributed by atoms with Crippen LogP contribution in [-0.4, -0.2) is 71.1 Å². The Hall–Kier alpha value is -0.640. The molecule has 1 aliphatic heterocycles. The minimum Gasteiger partial charge on any atom is -0.314 e. The largest absolute Gasteiger partial charge is 0.314 e. The summed E-state index contributed by atoms with van der Waals surface area (Å²) >= 11 is 1.72. The molecule has 1 N–H and O–H groups in total. The van der Waals surface area contributed by atoms with Crippen molar-refractivity contribution in [3.05, 3.63) is 11.9 Å². The van der Waals surface area contributed by atoms with Crippen LogP contribution in [0.1, 0.15) is 12.6 Å². The highest BCUT2D eigenvalue weighted by atomic mass is 32.2. The summed E-state index contributed by atoms with van der Waals surface area (Å²) in [5, 5.41) is 10.8. The first-order chi connectivity index (χ1) is 10.1. The molecule has 0 aliphatic carbocycles. The van der Waals surface area contributed by atoms with Gasteiger partial charge in [0.15, 0.2) is 9.84 Å². The highest BCUT2D eigenvalue weighted by Gasteiger charge is 2.32. The minimum absolute atomic E-state index is 0.199. The predicted molar refractivity (Wildman–Crippen MR) is 84.9 cm³/mol. The summed E-state index contributed by atoms with van der Waals surface area (Å²) < 4.78 is 26.1. The summed E-state index contributed by atoms with van der Waals surface area (Å²) in [5.74, 6) is 1.85. The van der Waals surface area contributed by atoms with Gasteiger partial charge in [-0.3, -0.25) is 9.58 Å². The molecule has 1 fully saturated rings. The molecule has 0 saturated carbocycles. The van der Waals surface area contributed by atoms with Crippen LogP contribution < -0.4 is 5.32 Å². The molecule has 0 aromatic carbocycles. The molecule has 0 spiro atoms. The van der Waals surface area contributed by atoms with Crippen molar-refractivity contribution in [3.63, 3.8) is 0 Å². The summed E-state index contributed by atoms with van der Waals surface area (Å²) in [6, 6.07) is 0. The van der Waals surface area contributed by atoms with Crippen molar-refractivity contribution in [2.24, 2.45) is 0 Å². The molecule has 1 aliphatic rings. The molecule has 1 aromatic heterocycles. The molecule has 7 nitrogen and oxygen atoms in total. The summed E-state index contributed by atoms with van der Waals surface area (Å²) in [6.07, 6.45) is 1.90. The van der Waals surface area contributed by atoms with E-state index in [9.17, 15) is 8.42 Å². The average Bonchev–Trinajstić information content (AvgIpc) is 2.93. The van der Waals surface area contributed by atoms with Crippen LogP contribution in [0, 0.1) is 0 Å². The van der Waals surface area contributed by atoms with Crippen LogP contribution in [-0.2, 0) is 22.9 Å². The molecule has 0 radical (unpaired) electrons. The Morgan fingerprint density at radius 2 is 2.29 bits per heavy atom. The number of nitrogens with zero attached hydrogens (tertiary/aromatic N) is 4. The van der Waals surface area contributed by atoms with E-state index in [4.69, 9.17) is 0 Å². The van der Waals surface area contributed by atoms with E-state index in [1.54, 1.807) is 23.4 Å². The van der Waals surface area contributed by atoms with Crippen LogP contribution in [0.5, 0.6) is 0 Å². The third-order valence-corrected chi connectivity index (χ3v) is 6.90. The van der Waals surface area contributed by atoms with Crippen LogP contribution in [0.4, 0.5) is 0 Å². The number of nitrogens with one attached hydrogen (secondary N) is 1. The molecule has 1 unspecified atom stereocenters. The molecule has 120 valence electrons. The maximum absolute atomic E-state index is 12.2. The molecule has 2 rings (SSSR count). The molecular weight excluding hydrogens is 310 g/mol. The monoisotopic (exact) mass is 333 g/mol. The lowest BCUT2D eigenvalue weighted by atomic mass is 10.4. The molecule has 0 amide bonds. The van der Waals surface area contributed by atoms with E-state index in [1.165, 1.54) is 0 Å². The Bertz CT molecular complexity index is 546. The molecule has 1 aromatic rings. The molecular formula is C12H23N5O2S2. The number of rotatable bonds is 7. The number of thioether (sulfide) groups is 1. The van der Waals surface area contributed by atoms with Gasteiger partial charge in [0.05, 0.1) is 12.2 Å². The third kappa shape index (κ3) is 4.41. The van der Waals surface area contributed by atoms with Gasteiger partial charge in [-0.15, -0.1) is 5.10 Å². The van der Waals surface area contributed by atoms with Gasteiger partial charge >= 0.3 is 0 Å². The zero-order chi connectivity index (χ0) is 15.3. The van der Waals surface area contributed by atoms with Crippen LogP contribution in [0.2, 0.25) is 0 Å². The lowest BCUT2D eigenvalue weighted by Gasteiger charge is -2.34. The Morgan fingerprint density at radius 1 is 1.48 bits per heavy atom. The molecule has 1 atom stereocenters. The van der Waals surface area contributed by atoms with Crippen LogP contribution in [0.15, 0.2) is 6.20 Å². The van der Waals surface area contributed by atoms with E-state index in [0.717, 1.165) is 18.0 Å². The predicted octanol–water partition coefficient (Wildman–Crippen LogP) is -0.193. The fourth-order valence-corrected chi connectivity index (χ4v) is 5.45. The molecule has 21 heavy (non-hydrogen) atoms. The average molecular weight is 333 g/mol. The van der Waals surface area contributed by atoms with Crippen molar-refractivity contribution in [1.29, 1.82) is 0 Å². The van der Waals surface area contributed by atoms with Gasteiger partial charge in [-0.1, -0.05) is 12.1 Å². The molecule has 2 heterocycles. The molecule has 1 saturated heterocycles. The quantitative estimate of drug-likeness (QED) is 0.740. The van der Waals surface area contributed by atoms with Crippen molar-refractivity contribution in [2.75, 3.05) is 37.4 Å². The lowest BCUT2D eigenvalue weighted by Crippen LogP contribution is -2.48. The smallest absolute Gasteiger partial charge is 0.166 e. The van der Waals surface area contributed by atoms with Gasteiger partial charge < -0.3 is 5.32 Å². The topological polar surface area (TPSA) is 80.1 Å². The van der Waals surface area contributed by atoms with E-state index in [-0.39, 0.29) is 11.1 Å². The van der Waals surface area contributed by atoms with Gasteiger partial charge in [0.1, 0.15) is 5.37 Å². The Kier molecular flexibility index (Phi) is 6.03. The summed E-state index contributed by atoms with van der Waals surface area (Å²) in [4.78, 5) is 2.06. The maximum atomic E-state index is 12.2. The highest BCUT2D eigenvalue weighted by molar-refractivity contribution is 8.01. The number of hydrogen-bond donors (Lipinski definition) is 1. The first kappa shape index (κ1) is 16.7. The van der Waals surface area contributed by atoms with Crippen molar-refractivity contribution in [3.8, 4) is 0 Å². The highest BCUT2D eigenvalue weighted by Crippen LogP contribution is 2.21. The van der Waals surface area contributed by atoms with Gasteiger partial charge in [-0.2, -0.15) is 11.8 Å².